The summed E-state index contributed by atoms with van der Waals surface area (Å²) in [5.41, 5.74) is 5.75. The van der Waals surface area contributed by atoms with Crippen molar-refractivity contribution in [2.45, 2.75) is 0 Å². The largest absolute Gasteiger partial charge is 1.00 e. The molecule has 57 valence electrons. The van der Waals surface area contributed by atoms with Gasteiger partial charge in [-0.15, -0.1) is 0 Å². The Bertz CT molecular complexity index is 64.5. The smallest absolute Gasteiger partial charge is 1.00 e. The molecule has 0 aromatic rings. The molecule has 0 amide bonds. The first kappa shape index (κ1) is 18.2. The Balaban J connectivity index is -0.0000000412. The van der Waals surface area contributed by atoms with E-state index in [-0.39, 0.29) is 52.8 Å². The van der Waals surface area contributed by atoms with Crippen LogP contribution in [-0.2, 0) is 8.65 Å². The molecule has 0 atom stereocenters. The number of nitroso groups, excluding NO2 is 1. The van der Waals surface area contributed by atoms with Crippen molar-refractivity contribution in [3.8, 4) is 0 Å². The van der Waals surface area contributed by atoms with Crippen LogP contribution in [0.3, 0.4) is 0 Å². The van der Waals surface area contributed by atoms with Gasteiger partial charge < -0.3 is 11.9 Å². The van der Waals surface area contributed by atoms with Crippen LogP contribution in [0.2, 0.25) is 0 Å². The maximum absolute atomic E-state index is 7.25. The molecular weight excluding hydrogens is 347 g/mol. The molecule has 0 saturated carbocycles. The minimum Gasteiger partial charge on any atom is -1.00 e. The first-order valence-electron chi connectivity index (χ1n) is 0.851. The van der Waals surface area contributed by atoms with Crippen molar-refractivity contribution in [2.24, 2.45) is 0 Å². The molecule has 0 fully saturated rings. The van der Waals surface area contributed by atoms with Crippen molar-refractivity contribution >= 4 is 48.5 Å². The van der Waals surface area contributed by atoms with Crippen molar-refractivity contribution in [3.05, 3.63) is 10.5 Å². The predicted molar refractivity (Wildman–Crippen MR) is 37.1 cm³/mol. The monoisotopic (exact) mass is 347 g/mol. The fourth-order valence-electron chi connectivity index (χ4n) is 0. The van der Waals surface area contributed by atoms with E-state index in [1.165, 1.54) is 0 Å². The fraction of sp³-hybridized carbons (Fsp3) is 0. The fourth-order valence-corrected chi connectivity index (χ4v) is 0. The van der Waals surface area contributed by atoms with Gasteiger partial charge in [0.2, 0.25) is 0 Å². The molecule has 0 aromatic carbocycles. The minimum absolute atomic E-state index is 0. The third-order valence-corrected chi connectivity index (χ3v) is 0. The molecule has 0 spiro atoms. The summed E-state index contributed by atoms with van der Waals surface area (Å²) in [6.45, 7) is 0. The molecule has 2 nitrogen and oxygen atoms in total. The first-order chi connectivity index (χ1) is 3.24. The van der Waals surface area contributed by atoms with E-state index >= 15 is 0 Å². The van der Waals surface area contributed by atoms with E-state index in [1.807, 2.05) is 0 Å². The molecule has 0 heterocycles. The Hall–Kier alpha value is 3.31. The zero-order valence-electron chi connectivity index (χ0n) is 5.10. The third kappa shape index (κ3) is 89.5. The summed E-state index contributed by atoms with van der Waals surface area (Å²) in [4.78, 5) is 7.25. The van der Waals surface area contributed by atoms with Crippen LogP contribution in [0.15, 0.2) is 0 Å². The van der Waals surface area contributed by atoms with Gasteiger partial charge in [-0.25, -0.2) is 0 Å². The molecule has 0 radical (unpaired) electrons. The van der Waals surface area contributed by atoms with Crippen LogP contribution in [-0.4, -0.2) is 0 Å². The Morgan fingerprint density at radius 1 is 1.00 bits per heavy atom. The van der Waals surface area contributed by atoms with E-state index in [2.05, 4.69) is 0 Å². The van der Waals surface area contributed by atoms with Crippen molar-refractivity contribution in [2.75, 3.05) is 0 Å². The molecule has 9 heavy (non-hydrogen) atoms. The average Bonchev–Trinajstić information content (AvgIpc) is 1.33. The SMILES string of the molecule is [Cl][Ru]([Cl])([Cl])([Cl])[Cl].[H-].[K+].[N-]=O. The van der Waals surface area contributed by atoms with Crippen LogP contribution >= 0.6 is 48.5 Å². The number of hydrogen-bond acceptors (Lipinski definition) is 1. The first-order valence-corrected chi connectivity index (χ1v) is 12.0. The van der Waals surface area contributed by atoms with E-state index < -0.39 is 8.65 Å². The van der Waals surface area contributed by atoms with E-state index in [0.717, 1.165) is 0 Å². The summed E-state index contributed by atoms with van der Waals surface area (Å²) in [6, 6.07) is 0. The van der Waals surface area contributed by atoms with Gasteiger partial charge in [-0.1, -0.05) is 0 Å². The summed E-state index contributed by atoms with van der Waals surface area (Å²) >= 11 is 0. The molecule has 9 heteroatoms. The van der Waals surface area contributed by atoms with Gasteiger partial charge in [0.05, 0.1) is 0 Å². The minimum atomic E-state index is -4.11. The summed E-state index contributed by atoms with van der Waals surface area (Å²) in [5.74, 6) is 0. The van der Waals surface area contributed by atoms with Gasteiger partial charge in [0, 0.05) is 0 Å². The molecule has 0 bridgehead atoms. The molecule has 0 unspecified atom stereocenters. The van der Waals surface area contributed by atoms with Crippen LogP contribution in [0.4, 0.5) is 0 Å². The van der Waals surface area contributed by atoms with E-state index in [4.69, 9.17) is 59.0 Å². The van der Waals surface area contributed by atoms with Gasteiger partial charge >= 0.3 is 108 Å². The zero-order chi connectivity index (χ0) is 7.45. The van der Waals surface area contributed by atoms with Crippen LogP contribution in [0.25, 0.3) is 5.59 Å². The van der Waals surface area contributed by atoms with Crippen LogP contribution < -0.4 is 51.4 Å². The molecule has 0 aliphatic rings. The van der Waals surface area contributed by atoms with Crippen molar-refractivity contribution in [1.82, 2.24) is 0 Å². The standard InChI is InChI=1S/5ClH.K.NO.Ru.H/c;;;;;;1-2;;/h5*1H;;;;/q;;;;;+1;-1;+5;-1/p-5. The quantitative estimate of drug-likeness (QED) is 0.599. The van der Waals surface area contributed by atoms with Crippen molar-refractivity contribution in [3.63, 3.8) is 0 Å². The summed E-state index contributed by atoms with van der Waals surface area (Å²) in [5, 5.41) is 0. The molecule has 0 aliphatic heterocycles. The zero-order valence-corrected chi connectivity index (χ0v) is 12.7. The van der Waals surface area contributed by atoms with Crippen LogP contribution in [0.1, 0.15) is 1.43 Å². The number of hydrogen-bond donors (Lipinski definition) is 0. The topological polar surface area (TPSA) is 39.4 Å². The average molecular weight is 348 g/mol. The summed E-state index contributed by atoms with van der Waals surface area (Å²) < 4.78 is 0. The summed E-state index contributed by atoms with van der Waals surface area (Å²) in [7, 11) is 21.0. The predicted octanol–water partition coefficient (Wildman–Crippen LogP) is 0.884. The van der Waals surface area contributed by atoms with Gasteiger partial charge in [0.15, 0.2) is 0 Å². The second-order valence-corrected chi connectivity index (χ2v) is 26.9. The maximum Gasteiger partial charge on any atom is 1.00 e. The van der Waals surface area contributed by atoms with Crippen molar-refractivity contribution < 1.29 is 61.5 Å². The third-order valence-electron chi connectivity index (χ3n) is 0. The van der Waals surface area contributed by atoms with Gasteiger partial charge in [-0.05, 0) is 0 Å². The molecule has 0 aliphatic carbocycles. The van der Waals surface area contributed by atoms with Gasteiger partial charge in [0.25, 0.3) is 0 Å². The Kier molecular flexibility index (Phi) is 13.7. The van der Waals surface area contributed by atoms with E-state index in [1.54, 1.807) is 0 Å². The van der Waals surface area contributed by atoms with Crippen molar-refractivity contribution in [1.29, 1.82) is 0 Å². The molecular formula is HCl5KNORu-. The van der Waals surface area contributed by atoms with Crippen LogP contribution in [0.5, 0.6) is 0 Å². The Morgan fingerprint density at radius 3 is 1.00 bits per heavy atom. The number of nitrogens with zero attached hydrogens (tertiary/aromatic N) is 1. The number of rotatable bonds is 0. The Morgan fingerprint density at radius 2 is 1.00 bits per heavy atom. The van der Waals surface area contributed by atoms with E-state index in [0.29, 0.717) is 0 Å². The normalized spacial score (nSPS) is 13.2. The maximum atomic E-state index is 7.25. The van der Waals surface area contributed by atoms with Gasteiger partial charge in [-0.2, -0.15) is 0 Å². The van der Waals surface area contributed by atoms with Crippen LogP contribution in [0, 0.1) is 4.91 Å². The Labute approximate surface area is 118 Å². The molecule has 0 saturated heterocycles. The number of halogens is 5. The second-order valence-electron chi connectivity index (χ2n) is 0.505. The summed E-state index contributed by atoms with van der Waals surface area (Å²) in [6.07, 6.45) is 0. The van der Waals surface area contributed by atoms with Gasteiger partial charge in [0.1, 0.15) is 0 Å². The van der Waals surface area contributed by atoms with Gasteiger partial charge in [-0.3, -0.25) is 0 Å². The molecule has 0 aromatic heterocycles. The second kappa shape index (κ2) is 6.79. The molecule has 0 rings (SSSR count). The molecule has 0 N–H and O–H groups in total. The van der Waals surface area contributed by atoms with E-state index in [9.17, 15) is 0 Å².